The van der Waals surface area contributed by atoms with Gasteiger partial charge in [-0.3, -0.25) is 18.7 Å². The minimum atomic E-state index is -0.222. The number of aromatic amines is 1. The van der Waals surface area contributed by atoms with Crippen LogP contribution in [-0.2, 0) is 13.1 Å². The molecule has 0 aliphatic heterocycles. The summed E-state index contributed by atoms with van der Waals surface area (Å²) >= 11 is 0. The molecule has 0 fully saturated rings. The molecule has 5 N–H and O–H groups in total. The summed E-state index contributed by atoms with van der Waals surface area (Å²) < 4.78 is 3.07. The maximum Gasteiger partial charge on any atom is 0.267 e. The first kappa shape index (κ1) is 25.0. The highest BCUT2D eigenvalue weighted by atomic mass is 16.1. The molecular weight excluding hydrogens is 474 g/mol. The molecule has 0 saturated heterocycles. The van der Waals surface area contributed by atoms with Gasteiger partial charge in [0.1, 0.15) is 17.0 Å². The normalized spacial score (nSPS) is 10.8. The standard InChI is InChI=1S/C12H13N7O.C12H12N4O/c1-3-19-10-7(6(2)15-12(13)16-10)4-8(11(19)20)9-5-14-18-17-9;1-4-8-6-9-7(3)14-12(13)15-10(9)16(5-2)11(8)17/h4-5H,3H2,1-2H3,(H2,13,15,16)(H,14,17,18);1,6H,5H2,2-3H3,(H2,13,14,15). The Hall–Kier alpha value is -5.12. The van der Waals surface area contributed by atoms with E-state index in [4.69, 9.17) is 17.9 Å². The number of nitrogens with two attached hydrogens (primary N) is 2. The van der Waals surface area contributed by atoms with Gasteiger partial charge in [-0.2, -0.15) is 25.4 Å². The molecule has 0 spiro atoms. The van der Waals surface area contributed by atoms with E-state index in [-0.39, 0.29) is 23.0 Å². The summed E-state index contributed by atoms with van der Waals surface area (Å²) in [5.74, 6) is 2.70. The quantitative estimate of drug-likeness (QED) is 0.304. The van der Waals surface area contributed by atoms with Crippen LogP contribution in [0.1, 0.15) is 30.8 Å². The van der Waals surface area contributed by atoms with Gasteiger partial charge in [-0.05, 0) is 39.8 Å². The molecule has 0 amide bonds. The third-order valence-electron chi connectivity index (χ3n) is 5.79. The lowest BCUT2D eigenvalue weighted by atomic mass is 10.1. The first-order chi connectivity index (χ1) is 17.7. The number of aromatic nitrogens is 9. The van der Waals surface area contributed by atoms with E-state index >= 15 is 0 Å². The monoisotopic (exact) mass is 499 g/mol. The van der Waals surface area contributed by atoms with Crippen molar-refractivity contribution in [1.82, 2.24) is 44.5 Å². The van der Waals surface area contributed by atoms with Crippen LogP contribution < -0.4 is 22.6 Å². The number of anilines is 2. The third kappa shape index (κ3) is 4.47. The van der Waals surface area contributed by atoms with Crippen LogP contribution in [0.5, 0.6) is 0 Å². The van der Waals surface area contributed by atoms with Crippen molar-refractivity contribution >= 4 is 34.0 Å². The van der Waals surface area contributed by atoms with Crippen LogP contribution in [0.3, 0.4) is 0 Å². The summed E-state index contributed by atoms with van der Waals surface area (Å²) in [6.45, 7) is 8.34. The van der Waals surface area contributed by atoms with Gasteiger partial charge >= 0.3 is 0 Å². The summed E-state index contributed by atoms with van der Waals surface area (Å²) in [4.78, 5) is 41.0. The number of pyridine rings is 2. The first-order valence-electron chi connectivity index (χ1n) is 11.4. The zero-order chi connectivity index (χ0) is 26.9. The number of nitrogen functional groups attached to an aromatic ring is 2. The van der Waals surface area contributed by atoms with Crippen LogP contribution in [0, 0.1) is 26.2 Å². The predicted molar refractivity (Wildman–Crippen MR) is 141 cm³/mol. The van der Waals surface area contributed by atoms with Crippen molar-refractivity contribution in [3.63, 3.8) is 0 Å². The fourth-order valence-electron chi connectivity index (χ4n) is 4.03. The summed E-state index contributed by atoms with van der Waals surface area (Å²) in [6.07, 6.45) is 6.83. The second-order valence-corrected chi connectivity index (χ2v) is 8.02. The van der Waals surface area contributed by atoms with Gasteiger partial charge in [0.25, 0.3) is 11.1 Å². The minimum absolute atomic E-state index is 0.157. The summed E-state index contributed by atoms with van der Waals surface area (Å²) in [7, 11) is 0. The Kier molecular flexibility index (Phi) is 6.66. The van der Waals surface area contributed by atoms with Crippen LogP contribution in [0.25, 0.3) is 33.3 Å². The molecule has 0 aromatic carbocycles. The van der Waals surface area contributed by atoms with Gasteiger partial charge in [-0.1, -0.05) is 5.92 Å². The van der Waals surface area contributed by atoms with Gasteiger partial charge in [0.15, 0.2) is 0 Å². The smallest absolute Gasteiger partial charge is 0.267 e. The van der Waals surface area contributed by atoms with Crippen LogP contribution in [0.2, 0.25) is 0 Å². The molecule has 13 nitrogen and oxygen atoms in total. The van der Waals surface area contributed by atoms with Crippen LogP contribution in [0.4, 0.5) is 11.9 Å². The molecule has 13 heteroatoms. The molecule has 188 valence electrons. The number of hydrogen-bond acceptors (Lipinski definition) is 10. The molecule has 0 saturated carbocycles. The highest BCUT2D eigenvalue weighted by Crippen LogP contribution is 2.20. The molecule has 5 aromatic heterocycles. The lowest BCUT2D eigenvalue weighted by Crippen LogP contribution is -2.23. The largest absolute Gasteiger partial charge is 0.368 e. The van der Waals surface area contributed by atoms with Gasteiger partial charge in [-0.15, -0.1) is 6.42 Å². The Bertz CT molecular complexity index is 1800. The predicted octanol–water partition coefficient (Wildman–Crippen LogP) is 1.17. The average Bonchev–Trinajstić information content (AvgIpc) is 3.39. The Morgan fingerprint density at radius 2 is 1.43 bits per heavy atom. The molecule has 0 aliphatic carbocycles. The lowest BCUT2D eigenvalue weighted by Gasteiger charge is -2.11. The summed E-state index contributed by atoms with van der Waals surface area (Å²) in [5.41, 5.74) is 14.6. The van der Waals surface area contributed by atoms with Gasteiger partial charge in [0, 0.05) is 23.9 Å². The number of terminal acetylenes is 1. The van der Waals surface area contributed by atoms with Crippen molar-refractivity contribution in [2.24, 2.45) is 0 Å². The van der Waals surface area contributed by atoms with E-state index in [2.05, 4.69) is 41.3 Å². The molecule has 0 bridgehead atoms. The zero-order valence-corrected chi connectivity index (χ0v) is 20.8. The van der Waals surface area contributed by atoms with E-state index in [0.29, 0.717) is 46.9 Å². The fraction of sp³-hybridized carbons (Fsp3) is 0.250. The van der Waals surface area contributed by atoms with Crippen molar-refractivity contribution in [3.8, 4) is 23.6 Å². The van der Waals surface area contributed by atoms with Crippen molar-refractivity contribution in [2.75, 3.05) is 11.5 Å². The highest BCUT2D eigenvalue weighted by Gasteiger charge is 2.15. The second-order valence-electron chi connectivity index (χ2n) is 8.02. The van der Waals surface area contributed by atoms with E-state index in [9.17, 15) is 9.59 Å². The van der Waals surface area contributed by atoms with Gasteiger partial charge in [0.05, 0.1) is 28.7 Å². The maximum absolute atomic E-state index is 12.5. The molecule has 0 radical (unpaired) electrons. The van der Waals surface area contributed by atoms with E-state index in [1.54, 1.807) is 16.7 Å². The van der Waals surface area contributed by atoms with Crippen LogP contribution in [-0.4, -0.2) is 44.5 Å². The first-order valence-corrected chi connectivity index (χ1v) is 11.4. The second kappa shape index (κ2) is 9.86. The molecule has 0 unspecified atom stereocenters. The summed E-state index contributed by atoms with van der Waals surface area (Å²) in [5, 5.41) is 11.7. The van der Waals surface area contributed by atoms with Crippen molar-refractivity contribution in [1.29, 1.82) is 0 Å². The fourth-order valence-corrected chi connectivity index (χ4v) is 4.03. The number of nitrogens with zero attached hydrogens (tertiary/aromatic N) is 8. The summed E-state index contributed by atoms with van der Waals surface area (Å²) in [6, 6.07) is 3.37. The number of hydrogen-bond donors (Lipinski definition) is 3. The zero-order valence-electron chi connectivity index (χ0n) is 20.8. The van der Waals surface area contributed by atoms with Gasteiger partial charge < -0.3 is 11.5 Å². The molecule has 0 aliphatic rings. The molecule has 5 rings (SSSR count). The van der Waals surface area contributed by atoms with Crippen LogP contribution >= 0.6 is 0 Å². The number of rotatable bonds is 3. The van der Waals surface area contributed by atoms with Crippen molar-refractivity contribution in [2.45, 2.75) is 40.8 Å². The van der Waals surface area contributed by atoms with Crippen molar-refractivity contribution < 1.29 is 0 Å². The SMILES string of the molecule is C#Cc1cc2c(C)nc(N)nc2n(CC)c1=O.CCn1c(=O)c(-c2cn[nH]n2)cc2c(C)nc(N)nc21. The minimum Gasteiger partial charge on any atom is -0.368 e. The molecule has 5 aromatic rings. The van der Waals surface area contributed by atoms with Gasteiger partial charge in [-0.25, -0.2) is 9.97 Å². The Labute approximate surface area is 210 Å². The molecule has 0 atom stereocenters. The number of aryl methyl sites for hydroxylation is 4. The molecule has 5 heterocycles. The van der Waals surface area contributed by atoms with Crippen molar-refractivity contribution in [3.05, 3.63) is 56.0 Å². The van der Waals surface area contributed by atoms with E-state index in [1.165, 1.54) is 10.8 Å². The lowest BCUT2D eigenvalue weighted by molar-refractivity contribution is 0.746. The number of H-pyrrole nitrogens is 1. The molecular formula is C24H25N11O2. The maximum atomic E-state index is 12.5. The number of nitrogens with one attached hydrogen (secondary N) is 1. The van der Waals surface area contributed by atoms with Crippen LogP contribution in [0.15, 0.2) is 27.9 Å². The van der Waals surface area contributed by atoms with E-state index in [0.717, 1.165) is 16.5 Å². The number of fused-ring (bicyclic) bond motifs is 2. The topological polar surface area (TPSA) is 189 Å². The Morgan fingerprint density at radius 3 is 1.92 bits per heavy atom. The Balaban J connectivity index is 0.000000176. The highest BCUT2D eigenvalue weighted by molar-refractivity contribution is 5.83. The third-order valence-corrected chi connectivity index (χ3v) is 5.79. The average molecular weight is 500 g/mol. The Morgan fingerprint density at radius 1 is 0.892 bits per heavy atom. The van der Waals surface area contributed by atoms with E-state index in [1.807, 2.05) is 27.7 Å². The van der Waals surface area contributed by atoms with E-state index < -0.39 is 0 Å². The molecule has 37 heavy (non-hydrogen) atoms. The van der Waals surface area contributed by atoms with Gasteiger partial charge in [0.2, 0.25) is 11.9 Å².